The summed E-state index contributed by atoms with van der Waals surface area (Å²) < 4.78 is 1.25. The van der Waals surface area contributed by atoms with Crippen LogP contribution in [0.5, 0.6) is 0 Å². The van der Waals surface area contributed by atoms with Crippen molar-refractivity contribution in [3.05, 3.63) is 55.7 Å². The monoisotopic (exact) mass is 365 g/mol. The standard InChI is InChI=1S/C18H24BrNS/c1-4-8-20-16(12-18-17(19)7-9-21-18)11-15-6-5-13(2)14(3)10-15/h5-7,9-10,16,20H,4,8,11-12H2,1-3H3. The minimum absolute atomic E-state index is 0.502. The second-order valence-corrected chi connectivity index (χ2v) is 7.52. The molecule has 0 saturated heterocycles. The number of thiophene rings is 1. The van der Waals surface area contributed by atoms with Crippen molar-refractivity contribution in [3.63, 3.8) is 0 Å². The van der Waals surface area contributed by atoms with Crippen molar-refractivity contribution in [2.75, 3.05) is 6.54 Å². The van der Waals surface area contributed by atoms with Gasteiger partial charge in [-0.25, -0.2) is 0 Å². The first-order valence-corrected chi connectivity index (χ1v) is 9.28. The van der Waals surface area contributed by atoms with Gasteiger partial charge in [0.1, 0.15) is 0 Å². The fourth-order valence-electron chi connectivity index (χ4n) is 2.47. The molecule has 3 heteroatoms. The first-order chi connectivity index (χ1) is 10.1. The number of hydrogen-bond acceptors (Lipinski definition) is 2. The molecule has 1 N–H and O–H groups in total. The van der Waals surface area contributed by atoms with Crippen molar-refractivity contribution in [1.29, 1.82) is 0 Å². The molecule has 0 amide bonds. The Kier molecular flexibility index (Phi) is 6.46. The fraction of sp³-hybridized carbons (Fsp3) is 0.444. The molecule has 0 saturated carbocycles. The molecule has 0 aliphatic heterocycles. The number of aryl methyl sites for hydroxylation is 2. The van der Waals surface area contributed by atoms with Crippen LogP contribution in [0.1, 0.15) is 34.9 Å². The van der Waals surface area contributed by atoms with E-state index in [4.69, 9.17) is 0 Å². The van der Waals surface area contributed by atoms with Crippen LogP contribution in [0.2, 0.25) is 0 Å². The highest BCUT2D eigenvalue weighted by molar-refractivity contribution is 9.10. The molecule has 0 aliphatic carbocycles. The zero-order chi connectivity index (χ0) is 15.2. The maximum Gasteiger partial charge on any atom is 0.0314 e. The summed E-state index contributed by atoms with van der Waals surface area (Å²) in [5, 5.41) is 5.86. The molecular formula is C18H24BrNS. The van der Waals surface area contributed by atoms with Crippen LogP contribution < -0.4 is 5.32 Å². The molecule has 1 atom stereocenters. The molecule has 0 fully saturated rings. The predicted octanol–water partition coefficient (Wildman–Crippen LogP) is 5.28. The van der Waals surface area contributed by atoms with Crippen LogP contribution in [0.15, 0.2) is 34.1 Å². The van der Waals surface area contributed by atoms with Gasteiger partial charge in [-0.2, -0.15) is 0 Å². The van der Waals surface area contributed by atoms with Crippen LogP contribution >= 0.6 is 27.3 Å². The Morgan fingerprint density at radius 3 is 2.57 bits per heavy atom. The Balaban J connectivity index is 2.08. The Bertz CT molecular complexity index is 576. The lowest BCUT2D eigenvalue weighted by Crippen LogP contribution is -2.33. The van der Waals surface area contributed by atoms with Gasteiger partial charge in [-0.3, -0.25) is 0 Å². The summed E-state index contributed by atoms with van der Waals surface area (Å²) in [7, 11) is 0. The van der Waals surface area contributed by atoms with Gasteiger partial charge in [0.25, 0.3) is 0 Å². The molecular weight excluding hydrogens is 342 g/mol. The van der Waals surface area contributed by atoms with Crippen molar-refractivity contribution >= 4 is 27.3 Å². The second-order valence-electron chi connectivity index (χ2n) is 5.67. The van der Waals surface area contributed by atoms with Gasteiger partial charge in [-0.1, -0.05) is 25.1 Å². The lowest BCUT2D eigenvalue weighted by Gasteiger charge is -2.19. The zero-order valence-electron chi connectivity index (χ0n) is 13.1. The average molecular weight is 366 g/mol. The van der Waals surface area contributed by atoms with Crippen LogP contribution in [0.4, 0.5) is 0 Å². The molecule has 1 heterocycles. The molecule has 0 spiro atoms. The van der Waals surface area contributed by atoms with E-state index < -0.39 is 0 Å². The van der Waals surface area contributed by atoms with Crippen LogP contribution in [0.25, 0.3) is 0 Å². The van der Waals surface area contributed by atoms with Crippen LogP contribution in [-0.2, 0) is 12.8 Å². The first-order valence-electron chi connectivity index (χ1n) is 7.61. The summed E-state index contributed by atoms with van der Waals surface area (Å²) >= 11 is 5.49. The maximum absolute atomic E-state index is 3.70. The molecule has 0 bridgehead atoms. The molecule has 2 aromatic rings. The molecule has 1 aromatic heterocycles. The highest BCUT2D eigenvalue weighted by Gasteiger charge is 2.13. The van der Waals surface area contributed by atoms with E-state index in [1.165, 1.54) is 32.5 Å². The Morgan fingerprint density at radius 2 is 1.95 bits per heavy atom. The summed E-state index contributed by atoms with van der Waals surface area (Å²) in [4.78, 5) is 1.44. The van der Waals surface area contributed by atoms with Gasteiger partial charge < -0.3 is 5.32 Å². The minimum Gasteiger partial charge on any atom is -0.313 e. The third-order valence-electron chi connectivity index (χ3n) is 3.86. The van der Waals surface area contributed by atoms with Crippen LogP contribution in [-0.4, -0.2) is 12.6 Å². The number of benzene rings is 1. The third kappa shape index (κ3) is 4.94. The highest BCUT2D eigenvalue weighted by atomic mass is 79.9. The molecule has 1 aromatic carbocycles. The zero-order valence-corrected chi connectivity index (χ0v) is 15.5. The van der Waals surface area contributed by atoms with Gasteiger partial charge in [0.2, 0.25) is 0 Å². The topological polar surface area (TPSA) is 12.0 Å². The second kappa shape index (κ2) is 8.11. The van der Waals surface area contributed by atoms with E-state index in [0.717, 1.165) is 19.4 Å². The van der Waals surface area contributed by atoms with Gasteiger partial charge in [0.15, 0.2) is 0 Å². The van der Waals surface area contributed by atoms with Crippen molar-refractivity contribution in [2.24, 2.45) is 0 Å². The summed E-state index contributed by atoms with van der Waals surface area (Å²) in [6.45, 7) is 7.68. The van der Waals surface area contributed by atoms with E-state index in [1.54, 1.807) is 0 Å². The Morgan fingerprint density at radius 1 is 1.14 bits per heavy atom. The molecule has 1 unspecified atom stereocenters. The normalized spacial score (nSPS) is 12.6. The molecule has 0 aliphatic rings. The smallest absolute Gasteiger partial charge is 0.0314 e. The SMILES string of the molecule is CCCNC(Cc1ccc(C)c(C)c1)Cc1sccc1Br. The van der Waals surface area contributed by atoms with E-state index in [9.17, 15) is 0 Å². The van der Waals surface area contributed by atoms with E-state index >= 15 is 0 Å². The Hall–Kier alpha value is -0.640. The Labute approximate surface area is 140 Å². The number of nitrogens with one attached hydrogen (secondary N) is 1. The fourth-order valence-corrected chi connectivity index (χ4v) is 4.07. The quantitative estimate of drug-likeness (QED) is 0.703. The van der Waals surface area contributed by atoms with E-state index in [2.05, 4.69) is 71.7 Å². The minimum atomic E-state index is 0.502. The van der Waals surface area contributed by atoms with Crippen molar-refractivity contribution in [3.8, 4) is 0 Å². The van der Waals surface area contributed by atoms with Crippen LogP contribution in [0, 0.1) is 13.8 Å². The van der Waals surface area contributed by atoms with E-state index in [1.807, 2.05) is 11.3 Å². The van der Waals surface area contributed by atoms with Gasteiger partial charge >= 0.3 is 0 Å². The highest BCUT2D eigenvalue weighted by Crippen LogP contribution is 2.25. The first kappa shape index (κ1) is 16.7. The number of halogens is 1. The molecule has 2 rings (SSSR count). The maximum atomic E-state index is 3.70. The van der Waals surface area contributed by atoms with Crippen molar-refractivity contribution in [1.82, 2.24) is 5.32 Å². The summed E-state index contributed by atoms with van der Waals surface area (Å²) in [6, 6.07) is 9.49. The summed E-state index contributed by atoms with van der Waals surface area (Å²) in [6.07, 6.45) is 3.35. The van der Waals surface area contributed by atoms with Gasteiger partial charge in [0, 0.05) is 15.4 Å². The average Bonchev–Trinajstić information content (AvgIpc) is 2.85. The van der Waals surface area contributed by atoms with Gasteiger partial charge in [0.05, 0.1) is 0 Å². The molecule has 1 nitrogen and oxygen atoms in total. The summed E-state index contributed by atoms with van der Waals surface area (Å²) in [5.74, 6) is 0. The van der Waals surface area contributed by atoms with Crippen molar-refractivity contribution < 1.29 is 0 Å². The molecule has 114 valence electrons. The lowest BCUT2D eigenvalue weighted by molar-refractivity contribution is 0.507. The van der Waals surface area contributed by atoms with Crippen molar-refractivity contribution in [2.45, 2.75) is 46.1 Å². The molecule has 0 radical (unpaired) electrons. The number of hydrogen-bond donors (Lipinski definition) is 1. The predicted molar refractivity (Wildman–Crippen MR) is 97.4 cm³/mol. The van der Waals surface area contributed by atoms with E-state index in [-0.39, 0.29) is 0 Å². The molecule has 21 heavy (non-hydrogen) atoms. The third-order valence-corrected chi connectivity index (χ3v) is 5.81. The van der Waals surface area contributed by atoms with Gasteiger partial charge in [-0.05, 0) is 83.7 Å². The largest absolute Gasteiger partial charge is 0.313 e. The van der Waals surface area contributed by atoms with Gasteiger partial charge in [-0.15, -0.1) is 11.3 Å². The van der Waals surface area contributed by atoms with Crippen LogP contribution in [0.3, 0.4) is 0 Å². The number of rotatable bonds is 7. The van der Waals surface area contributed by atoms with E-state index in [0.29, 0.717) is 6.04 Å². The summed E-state index contributed by atoms with van der Waals surface area (Å²) in [5.41, 5.74) is 4.19. The lowest BCUT2D eigenvalue weighted by atomic mass is 9.99.